The highest BCUT2D eigenvalue weighted by molar-refractivity contribution is 5.95. The van der Waals surface area contributed by atoms with Gasteiger partial charge in [0.15, 0.2) is 0 Å². The molecule has 1 spiro atoms. The van der Waals surface area contributed by atoms with E-state index >= 15 is 0 Å². The van der Waals surface area contributed by atoms with E-state index in [9.17, 15) is 4.79 Å². The second kappa shape index (κ2) is 6.55. The van der Waals surface area contributed by atoms with Gasteiger partial charge < -0.3 is 15.0 Å². The van der Waals surface area contributed by atoms with Gasteiger partial charge in [-0.1, -0.05) is 0 Å². The van der Waals surface area contributed by atoms with Crippen LogP contribution in [0.15, 0.2) is 36.8 Å². The van der Waals surface area contributed by atoms with E-state index in [1.54, 1.807) is 12.4 Å². The van der Waals surface area contributed by atoms with Crippen molar-refractivity contribution in [3.05, 3.63) is 53.5 Å². The highest BCUT2D eigenvalue weighted by Gasteiger charge is 2.63. The number of hydrogen-bond donors (Lipinski definition) is 1. The Hall–Kier alpha value is -2.47. The minimum Gasteiger partial charge on any atom is -0.369 e. The van der Waals surface area contributed by atoms with Crippen molar-refractivity contribution in [3.63, 3.8) is 0 Å². The molecule has 1 N–H and O–H groups in total. The number of carbonyl (C=O) groups excluding carboxylic acids is 1. The Bertz CT molecular complexity index is 917. The molecule has 28 heavy (non-hydrogen) atoms. The van der Waals surface area contributed by atoms with Crippen LogP contribution in [0.1, 0.15) is 34.3 Å². The number of carbonyl (C=O) groups is 1. The zero-order chi connectivity index (χ0) is 19.3. The third-order valence-electron chi connectivity index (χ3n) is 6.79. The van der Waals surface area contributed by atoms with E-state index < -0.39 is 0 Å². The van der Waals surface area contributed by atoms with E-state index in [2.05, 4.69) is 33.2 Å². The SMILES string of the molecule is Cc1ccnc(N2C[C@@H]3[C@H](CNC(=O)c4cnccc4C)[C@H]4CC[C@]3(C2)O4)c1. The van der Waals surface area contributed by atoms with Gasteiger partial charge in [-0.05, 0) is 56.0 Å². The predicted octanol–water partition coefficient (Wildman–Crippen LogP) is 2.51. The maximum absolute atomic E-state index is 12.6. The normalized spacial score (nSPS) is 30.5. The van der Waals surface area contributed by atoms with Crippen LogP contribution < -0.4 is 10.2 Å². The second-order valence-corrected chi connectivity index (χ2v) is 8.50. The molecule has 146 valence electrons. The second-order valence-electron chi connectivity index (χ2n) is 8.50. The molecule has 6 heteroatoms. The minimum absolute atomic E-state index is 0.0439. The lowest BCUT2D eigenvalue weighted by molar-refractivity contribution is 0.0141. The van der Waals surface area contributed by atoms with E-state index in [1.807, 2.05) is 25.3 Å². The number of fused-ring (bicyclic) bond motifs is 1. The average molecular weight is 378 g/mol. The number of anilines is 1. The summed E-state index contributed by atoms with van der Waals surface area (Å²) in [4.78, 5) is 23.6. The highest BCUT2D eigenvalue weighted by Crippen LogP contribution is 2.55. The highest BCUT2D eigenvalue weighted by atomic mass is 16.5. The molecular weight excluding hydrogens is 352 g/mol. The molecule has 6 nitrogen and oxygen atoms in total. The van der Waals surface area contributed by atoms with Crippen molar-refractivity contribution in [1.82, 2.24) is 15.3 Å². The Kier molecular flexibility index (Phi) is 4.12. The summed E-state index contributed by atoms with van der Waals surface area (Å²) in [5.41, 5.74) is 2.75. The fourth-order valence-corrected chi connectivity index (χ4v) is 5.34. The molecule has 0 unspecified atom stereocenters. The van der Waals surface area contributed by atoms with Gasteiger partial charge in [-0.3, -0.25) is 9.78 Å². The third kappa shape index (κ3) is 2.78. The summed E-state index contributed by atoms with van der Waals surface area (Å²) in [5.74, 6) is 1.77. The Morgan fingerprint density at radius 1 is 1.36 bits per heavy atom. The first-order valence-electron chi connectivity index (χ1n) is 10.1. The van der Waals surface area contributed by atoms with Crippen LogP contribution in [0.4, 0.5) is 5.82 Å². The number of aromatic nitrogens is 2. The van der Waals surface area contributed by atoms with Gasteiger partial charge in [0, 0.05) is 50.1 Å². The first-order valence-corrected chi connectivity index (χ1v) is 10.1. The molecule has 0 saturated carbocycles. The standard InChI is InChI=1S/C22H26N4O2/c1-14-4-8-24-20(9-14)26-12-18-17(19-3-6-22(18,13-26)28-19)11-25-21(27)16-10-23-7-5-15(16)2/h4-5,7-10,17-19H,3,6,11-13H2,1-2H3,(H,25,27)/t17-,18+,19+,22+/m0/s1. The monoisotopic (exact) mass is 378 g/mol. The molecule has 3 aliphatic heterocycles. The molecule has 5 heterocycles. The van der Waals surface area contributed by atoms with Gasteiger partial charge in [-0.25, -0.2) is 4.98 Å². The first kappa shape index (κ1) is 17.6. The van der Waals surface area contributed by atoms with Crippen LogP contribution in [0.25, 0.3) is 0 Å². The number of nitrogens with zero attached hydrogens (tertiary/aromatic N) is 3. The maximum Gasteiger partial charge on any atom is 0.253 e. The Morgan fingerprint density at radius 2 is 2.25 bits per heavy atom. The van der Waals surface area contributed by atoms with Crippen LogP contribution >= 0.6 is 0 Å². The quantitative estimate of drug-likeness (QED) is 0.885. The largest absolute Gasteiger partial charge is 0.369 e. The number of amides is 1. The molecular formula is C22H26N4O2. The average Bonchev–Trinajstić information content (AvgIpc) is 3.35. The van der Waals surface area contributed by atoms with E-state index in [1.165, 1.54) is 5.56 Å². The smallest absolute Gasteiger partial charge is 0.253 e. The molecule has 0 aromatic carbocycles. The zero-order valence-corrected chi connectivity index (χ0v) is 16.4. The van der Waals surface area contributed by atoms with Gasteiger partial charge in [-0.15, -0.1) is 0 Å². The van der Waals surface area contributed by atoms with Gasteiger partial charge in [0.05, 0.1) is 17.3 Å². The van der Waals surface area contributed by atoms with Crippen molar-refractivity contribution in [1.29, 1.82) is 0 Å². The number of rotatable bonds is 4. The molecule has 1 amide bonds. The van der Waals surface area contributed by atoms with E-state index in [0.29, 0.717) is 23.9 Å². The molecule has 0 aliphatic carbocycles. The van der Waals surface area contributed by atoms with E-state index in [0.717, 1.165) is 37.3 Å². The first-order chi connectivity index (χ1) is 13.6. The molecule has 2 aromatic heterocycles. The summed E-state index contributed by atoms with van der Waals surface area (Å²) in [7, 11) is 0. The molecule has 3 saturated heterocycles. The molecule has 4 atom stereocenters. The molecule has 5 rings (SSSR count). The van der Waals surface area contributed by atoms with Crippen LogP contribution in [0.3, 0.4) is 0 Å². The minimum atomic E-state index is -0.0737. The topological polar surface area (TPSA) is 67.4 Å². The Morgan fingerprint density at radius 3 is 3.07 bits per heavy atom. The molecule has 2 bridgehead atoms. The molecule has 2 aromatic rings. The van der Waals surface area contributed by atoms with Gasteiger partial charge in [0.1, 0.15) is 5.82 Å². The Labute approximate surface area is 165 Å². The number of nitrogens with one attached hydrogen (secondary N) is 1. The van der Waals surface area contributed by atoms with Crippen LogP contribution in [0.5, 0.6) is 0 Å². The summed E-state index contributed by atoms with van der Waals surface area (Å²) in [5, 5.41) is 3.15. The van der Waals surface area contributed by atoms with Crippen molar-refractivity contribution >= 4 is 11.7 Å². The van der Waals surface area contributed by atoms with Crippen molar-refractivity contribution in [2.24, 2.45) is 11.8 Å². The van der Waals surface area contributed by atoms with Crippen molar-refractivity contribution in [2.45, 2.75) is 38.4 Å². The Balaban J connectivity index is 1.31. The van der Waals surface area contributed by atoms with Gasteiger partial charge in [0.2, 0.25) is 0 Å². The van der Waals surface area contributed by atoms with Crippen molar-refractivity contribution in [2.75, 3.05) is 24.5 Å². The van der Waals surface area contributed by atoms with Crippen LogP contribution in [-0.2, 0) is 4.74 Å². The fourth-order valence-electron chi connectivity index (χ4n) is 5.34. The number of pyridine rings is 2. The summed E-state index contributed by atoms with van der Waals surface area (Å²) in [6.45, 7) is 6.53. The van der Waals surface area contributed by atoms with Crippen LogP contribution in [0, 0.1) is 25.7 Å². The van der Waals surface area contributed by atoms with Crippen molar-refractivity contribution < 1.29 is 9.53 Å². The lowest BCUT2D eigenvalue weighted by atomic mass is 9.73. The molecule has 3 aliphatic rings. The fraction of sp³-hybridized carbons (Fsp3) is 0.500. The molecule has 0 radical (unpaired) electrons. The van der Waals surface area contributed by atoms with Gasteiger partial charge in [0.25, 0.3) is 5.91 Å². The zero-order valence-electron chi connectivity index (χ0n) is 16.4. The lowest BCUT2D eigenvalue weighted by Gasteiger charge is -2.29. The van der Waals surface area contributed by atoms with Gasteiger partial charge in [-0.2, -0.15) is 0 Å². The predicted molar refractivity (Wildman–Crippen MR) is 106 cm³/mol. The number of hydrogen-bond acceptors (Lipinski definition) is 5. The summed E-state index contributed by atoms with van der Waals surface area (Å²) < 4.78 is 6.51. The lowest BCUT2D eigenvalue weighted by Crippen LogP contribution is -2.42. The third-order valence-corrected chi connectivity index (χ3v) is 6.79. The number of ether oxygens (including phenoxy) is 1. The van der Waals surface area contributed by atoms with E-state index in [4.69, 9.17) is 4.74 Å². The molecule has 3 fully saturated rings. The number of aryl methyl sites for hydroxylation is 2. The van der Waals surface area contributed by atoms with E-state index in [-0.39, 0.29) is 17.6 Å². The summed E-state index contributed by atoms with van der Waals surface area (Å²) in [6.07, 6.45) is 7.68. The summed E-state index contributed by atoms with van der Waals surface area (Å²) in [6, 6.07) is 6.04. The van der Waals surface area contributed by atoms with Crippen LogP contribution in [-0.4, -0.2) is 47.2 Å². The van der Waals surface area contributed by atoms with Crippen LogP contribution in [0.2, 0.25) is 0 Å². The summed E-state index contributed by atoms with van der Waals surface area (Å²) >= 11 is 0. The maximum atomic E-state index is 12.6. The van der Waals surface area contributed by atoms with Crippen molar-refractivity contribution in [3.8, 4) is 0 Å². The van der Waals surface area contributed by atoms with Gasteiger partial charge >= 0.3 is 0 Å².